The normalized spacial score (nSPS) is 17.4. The van der Waals surface area contributed by atoms with Crippen molar-refractivity contribution in [1.29, 1.82) is 0 Å². The zero-order chi connectivity index (χ0) is 13.9. The molecule has 2 heteroatoms. The maximum Gasteiger partial charge on any atom is 0.0314 e. The molecule has 1 aromatic carbocycles. The molecule has 0 unspecified atom stereocenters. The van der Waals surface area contributed by atoms with Crippen molar-refractivity contribution in [3.05, 3.63) is 29.8 Å². The van der Waals surface area contributed by atoms with E-state index in [2.05, 4.69) is 38.2 Å². The average Bonchev–Trinajstić information content (AvgIpc) is 3.10. The van der Waals surface area contributed by atoms with Crippen molar-refractivity contribution in [3.8, 4) is 0 Å². The number of benzene rings is 1. The van der Waals surface area contributed by atoms with Crippen LogP contribution < -0.4 is 11.1 Å². The van der Waals surface area contributed by atoms with Crippen LogP contribution in [0.25, 0.3) is 0 Å². The molecule has 0 aromatic heterocycles. The van der Waals surface area contributed by atoms with Crippen LogP contribution in [0, 0.1) is 5.41 Å². The van der Waals surface area contributed by atoms with Crippen LogP contribution in [0.2, 0.25) is 0 Å². The van der Waals surface area contributed by atoms with Gasteiger partial charge in [0.05, 0.1) is 0 Å². The lowest BCUT2D eigenvalue weighted by molar-refractivity contribution is 0.385. The van der Waals surface area contributed by atoms with Gasteiger partial charge in [0.2, 0.25) is 0 Å². The Morgan fingerprint density at radius 1 is 1.21 bits per heavy atom. The molecule has 2 rings (SSSR count). The quantitative estimate of drug-likeness (QED) is 0.733. The Bertz CT molecular complexity index is 402. The molecule has 19 heavy (non-hydrogen) atoms. The van der Waals surface area contributed by atoms with E-state index < -0.39 is 0 Å². The van der Waals surface area contributed by atoms with Gasteiger partial charge < -0.3 is 11.1 Å². The molecule has 0 spiro atoms. The van der Waals surface area contributed by atoms with E-state index in [9.17, 15) is 0 Å². The monoisotopic (exact) mass is 260 g/mol. The first-order valence-electron chi connectivity index (χ1n) is 7.54. The number of nitrogens with one attached hydrogen (secondary N) is 1. The molecular formula is C17H28N2. The summed E-state index contributed by atoms with van der Waals surface area (Å²) in [6.45, 7) is 9.09. The summed E-state index contributed by atoms with van der Waals surface area (Å²) in [6.07, 6.45) is 5.51. The van der Waals surface area contributed by atoms with Crippen LogP contribution in [0.4, 0.5) is 5.69 Å². The van der Waals surface area contributed by atoms with E-state index in [1.54, 1.807) is 0 Å². The summed E-state index contributed by atoms with van der Waals surface area (Å²) in [6, 6.07) is 8.29. The largest absolute Gasteiger partial charge is 0.399 e. The zero-order valence-electron chi connectivity index (χ0n) is 12.6. The van der Waals surface area contributed by atoms with Crippen LogP contribution >= 0.6 is 0 Å². The molecule has 0 radical (unpaired) electrons. The fourth-order valence-corrected chi connectivity index (χ4v) is 2.90. The average molecular weight is 260 g/mol. The predicted molar refractivity (Wildman–Crippen MR) is 83.3 cm³/mol. The molecular weight excluding hydrogens is 232 g/mol. The number of rotatable bonds is 7. The fraction of sp³-hybridized carbons (Fsp3) is 0.647. The maximum atomic E-state index is 5.75. The third-order valence-electron chi connectivity index (χ3n) is 4.50. The molecule has 1 aliphatic carbocycles. The molecule has 0 atom stereocenters. The highest BCUT2D eigenvalue weighted by molar-refractivity contribution is 5.41. The first kappa shape index (κ1) is 14.4. The van der Waals surface area contributed by atoms with Crippen molar-refractivity contribution in [1.82, 2.24) is 5.32 Å². The van der Waals surface area contributed by atoms with Crippen LogP contribution in [0.15, 0.2) is 24.3 Å². The van der Waals surface area contributed by atoms with Gasteiger partial charge in [-0.1, -0.05) is 39.3 Å². The second-order valence-electron chi connectivity index (χ2n) is 6.86. The minimum absolute atomic E-state index is 0.163. The number of hydrogen-bond donors (Lipinski definition) is 2. The molecule has 3 N–H and O–H groups in total. The standard InChI is InChI=1S/C17H28N2/c1-4-9-17(10-11-17)13-19-12-16(2,3)14-5-7-15(18)8-6-14/h5-8,19H,4,9-13,18H2,1-3H3. The van der Waals surface area contributed by atoms with Crippen LogP contribution in [0.5, 0.6) is 0 Å². The number of nitrogens with two attached hydrogens (primary N) is 1. The van der Waals surface area contributed by atoms with Crippen LogP contribution in [0.1, 0.15) is 52.0 Å². The Kier molecular flexibility index (Phi) is 4.19. The lowest BCUT2D eigenvalue weighted by atomic mass is 9.84. The summed E-state index contributed by atoms with van der Waals surface area (Å²) < 4.78 is 0. The van der Waals surface area contributed by atoms with Crippen molar-refractivity contribution >= 4 is 5.69 Å². The molecule has 0 bridgehead atoms. The maximum absolute atomic E-state index is 5.75. The van der Waals surface area contributed by atoms with Crippen molar-refractivity contribution in [2.75, 3.05) is 18.8 Å². The molecule has 0 aliphatic heterocycles. The lowest BCUT2D eigenvalue weighted by Gasteiger charge is -2.27. The third-order valence-corrected chi connectivity index (χ3v) is 4.50. The van der Waals surface area contributed by atoms with Crippen LogP contribution in [-0.2, 0) is 5.41 Å². The first-order chi connectivity index (χ1) is 8.97. The van der Waals surface area contributed by atoms with Gasteiger partial charge in [0, 0.05) is 24.2 Å². The van der Waals surface area contributed by atoms with Gasteiger partial charge in [-0.05, 0) is 42.4 Å². The van der Waals surface area contributed by atoms with E-state index in [0.717, 1.165) is 12.2 Å². The predicted octanol–water partition coefficient (Wildman–Crippen LogP) is 3.72. The molecule has 1 aromatic rings. The van der Waals surface area contributed by atoms with E-state index in [1.165, 1.54) is 37.8 Å². The summed E-state index contributed by atoms with van der Waals surface area (Å²) in [7, 11) is 0. The van der Waals surface area contributed by atoms with Gasteiger partial charge in [0.1, 0.15) is 0 Å². The van der Waals surface area contributed by atoms with Crippen LogP contribution in [0.3, 0.4) is 0 Å². The van der Waals surface area contributed by atoms with Gasteiger partial charge in [-0.15, -0.1) is 0 Å². The van der Waals surface area contributed by atoms with Gasteiger partial charge >= 0.3 is 0 Å². The van der Waals surface area contributed by atoms with Crippen molar-refractivity contribution in [2.45, 2.75) is 51.9 Å². The number of hydrogen-bond acceptors (Lipinski definition) is 2. The molecule has 0 saturated heterocycles. The summed E-state index contributed by atoms with van der Waals surface area (Å²) in [5, 5.41) is 3.70. The van der Waals surface area contributed by atoms with E-state index in [1.807, 2.05) is 12.1 Å². The molecule has 1 saturated carbocycles. The minimum Gasteiger partial charge on any atom is -0.399 e. The summed E-state index contributed by atoms with van der Waals surface area (Å²) in [5.41, 5.74) is 8.74. The fourth-order valence-electron chi connectivity index (χ4n) is 2.90. The SMILES string of the molecule is CCCC1(CNCC(C)(C)c2ccc(N)cc2)CC1. The zero-order valence-corrected chi connectivity index (χ0v) is 12.6. The topological polar surface area (TPSA) is 38.0 Å². The highest BCUT2D eigenvalue weighted by Gasteiger charge is 2.41. The second kappa shape index (κ2) is 5.54. The number of anilines is 1. The molecule has 1 fully saturated rings. The van der Waals surface area contributed by atoms with Crippen LogP contribution in [-0.4, -0.2) is 13.1 Å². The third kappa shape index (κ3) is 3.73. The molecule has 0 amide bonds. The van der Waals surface area contributed by atoms with Crippen molar-refractivity contribution in [2.24, 2.45) is 5.41 Å². The molecule has 2 nitrogen and oxygen atoms in total. The van der Waals surface area contributed by atoms with Gasteiger partial charge in [-0.2, -0.15) is 0 Å². The van der Waals surface area contributed by atoms with Gasteiger partial charge in [0.15, 0.2) is 0 Å². The lowest BCUT2D eigenvalue weighted by Crippen LogP contribution is -2.36. The van der Waals surface area contributed by atoms with Gasteiger partial charge in [-0.25, -0.2) is 0 Å². The summed E-state index contributed by atoms with van der Waals surface area (Å²) in [5.74, 6) is 0. The molecule has 0 heterocycles. The first-order valence-corrected chi connectivity index (χ1v) is 7.54. The minimum atomic E-state index is 0.163. The Morgan fingerprint density at radius 2 is 1.84 bits per heavy atom. The molecule has 1 aliphatic rings. The Morgan fingerprint density at radius 3 is 2.37 bits per heavy atom. The molecule has 106 valence electrons. The van der Waals surface area contributed by atoms with E-state index in [0.29, 0.717) is 5.41 Å². The summed E-state index contributed by atoms with van der Waals surface area (Å²) in [4.78, 5) is 0. The van der Waals surface area contributed by atoms with Crippen molar-refractivity contribution < 1.29 is 0 Å². The van der Waals surface area contributed by atoms with E-state index in [-0.39, 0.29) is 5.41 Å². The second-order valence-corrected chi connectivity index (χ2v) is 6.86. The van der Waals surface area contributed by atoms with Gasteiger partial charge in [-0.3, -0.25) is 0 Å². The van der Waals surface area contributed by atoms with E-state index in [4.69, 9.17) is 5.73 Å². The Hall–Kier alpha value is -1.02. The smallest absolute Gasteiger partial charge is 0.0314 e. The van der Waals surface area contributed by atoms with Gasteiger partial charge in [0.25, 0.3) is 0 Å². The van der Waals surface area contributed by atoms with E-state index >= 15 is 0 Å². The van der Waals surface area contributed by atoms with Crippen molar-refractivity contribution in [3.63, 3.8) is 0 Å². The Labute approximate surface area is 117 Å². The number of nitrogen functional groups attached to an aromatic ring is 1. The highest BCUT2D eigenvalue weighted by Crippen LogP contribution is 2.49. The highest BCUT2D eigenvalue weighted by atomic mass is 14.9. The summed E-state index contributed by atoms with van der Waals surface area (Å²) >= 11 is 0. The Balaban J connectivity index is 1.85.